The molecule has 2 aliphatic rings. The van der Waals surface area contributed by atoms with Gasteiger partial charge in [-0.25, -0.2) is 9.36 Å². The lowest BCUT2D eigenvalue weighted by Gasteiger charge is -2.34. The number of hydrogen-bond donors (Lipinski definition) is 1. The van der Waals surface area contributed by atoms with Gasteiger partial charge in [-0.2, -0.15) is 4.68 Å². The van der Waals surface area contributed by atoms with Crippen molar-refractivity contribution in [3.05, 3.63) is 69.4 Å². The molecule has 0 saturated carbocycles. The highest BCUT2D eigenvalue weighted by atomic mass is 35.5. The van der Waals surface area contributed by atoms with Gasteiger partial charge < -0.3 is 14.8 Å². The number of ether oxygens (including phenoxy) is 2. The maximum absolute atomic E-state index is 13.6. The number of morpholine rings is 1. The van der Waals surface area contributed by atoms with Crippen molar-refractivity contribution in [1.82, 2.24) is 24.6 Å². The topological polar surface area (TPSA) is 90.6 Å². The molecule has 2 aliphatic heterocycles. The van der Waals surface area contributed by atoms with Gasteiger partial charge in [0.2, 0.25) is 5.91 Å². The van der Waals surface area contributed by atoms with Crippen LogP contribution in [0.25, 0.3) is 11.4 Å². The fourth-order valence-electron chi connectivity index (χ4n) is 5.48. The van der Waals surface area contributed by atoms with Gasteiger partial charge >= 0.3 is 5.69 Å². The summed E-state index contributed by atoms with van der Waals surface area (Å²) in [5.74, 6) is 0.804. The van der Waals surface area contributed by atoms with Crippen LogP contribution >= 0.6 is 11.6 Å². The number of hydrogen-bond acceptors (Lipinski definition) is 6. The third-order valence-corrected chi connectivity index (χ3v) is 7.46. The van der Waals surface area contributed by atoms with Crippen molar-refractivity contribution < 1.29 is 14.3 Å². The Kier molecular flexibility index (Phi) is 7.88. The number of halogens is 1. The first-order chi connectivity index (χ1) is 18.3. The molecule has 0 radical (unpaired) electrons. The maximum atomic E-state index is 13.6. The molecule has 0 spiro atoms. The second-order valence-corrected chi connectivity index (χ2v) is 10.7. The van der Waals surface area contributed by atoms with Gasteiger partial charge in [0.25, 0.3) is 0 Å². The summed E-state index contributed by atoms with van der Waals surface area (Å²) in [7, 11) is 1.63. The predicted octanol–water partition coefficient (Wildman–Crippen LogP) is 3.16. The number of carbonyl (C=O) groups is 1. The normalized spacial score (nSPS) is 19.2. The highest BCUT2D eigenvalue weighted by Crippen LogP contribution is 2.30. The van der Waals surface area contributed by atoms with Crippen molar-refractivity contribution in [3.63, 3.8) is 0 Å². The number of rotatable bonds is 9. The summed E-state index contributed by atoms with van der Waals surface area (Å²) in [6, 6.07) is 13.6. The number of nitrogens with one attached hydrogen (secondary N) is 1. The van der Waals surface area contributed by atoms with E-state index in [-0.39, 0.29) is 24.1 Å². The summed E-state index contributed by atoms with van der Waals surface area (Å²) in [6.07, 6.45) is 3.17. The van der Waals surface area contributed by atoms with Crippen molar-refractivity contribution in [2.24, 2.45) is 0 Å². The standard InChI is InChI=1S/C28H34ClN5O4/c1-18(2)30-27(35)15-26-31-34(28(36)33(26)21-6-4-5-20(29)13-21)22-8-7-19(25(14-22)37-3)11-12-32-23-9-10-24(32)17-38-16-23/h4-8,13-14,18,23-24H,9-12,15-17H2,1-3H3,(H,30,35). The van der Waals surface area contributed by atoms with Crippen LogP contribution in [-0.4, -0.2) is 70.1 Å². The molecule has 2 saturated heterocycles. The van der Waals surface area contributed by atoms with E-state index in [2.05, 4.69) is 15.3 Å². The van der Waals surface area contributed by atoms with Crippen LogP contribution in [-0.2, 0) is 22.4 Å². The lowest BCUT2D eigenvalue weighted by atomic mass is 10.1. The minimum Gasteiger partial charge on any atom is -0.496 e. The minimum absolute atomic E-state index is 0.0274. The zero-order valence-electron chi connectivity index (χ0n) is 22.0. The Morgan fingerprint density at radius 1 is 1.16 bits per heavy atom. The van der Waals surface area contributed by atoms with Gasteiger partial charge in [-0.15, -0.1) is 5.10 Å². The van der Waals surface area contributed by atoms with Gasteiger partial charge in [0.05, 0.1) is 38.1 Å². The Morgan fingerprint density at radius 2 is 1.92 bits per heavy atom. The van der Waals surface area contributed by atoms with Crippen LogP contribution in [0, 0.1) is 0 Å². The molecule has 0 aliphatic carbocycles. The first kappa shape index (κ1) is 26.5. The summed E-state index contributed by atoms with van der Waals surface area (Å²) in [5.41, 5.74) is 1.79. The van der Waals surface area contributed by atoms with Crippen molar-refractivity contribution in [2.45, 2.75) is 57.7 Å². The monoisotopic (exact) mass is 539 g/mol. The molecule has 1 N–H and O–H groups in total. The zero-order valence-corrected chi connectivity index (χ0v) is 22.8. The molecule has 10 heteroatoms. The van der Waals surface area contributed by atoms with E-state index in [4.69, 9.17) is 21.1 Å². The van der Waals surface area contributed by atoms with E-state index in [0.717, 1.165) is 31.7 Å². The lowest BCUT2D eigenvalue weighted by molar-refractivity contribution is -0.121. The van der Waals surface area contributed by atoms with Crippen LogP contribution in [0.2, 0.25) is 5.02 Å². The second kappa shape index (κ2) is 11.3. The molecule has 202 valence electrons. The third kappa shape index (κ3) is 5.50. The highest BCUT2D eigenvalue weighted by molar-refractivity contribution is 6.30. The smallest absolute Gasteiger partial charge is 0.355 e. The van der Waals surface area contributed by atoms with Gasteiger partial charge in [0.15, 0.2) is 0 Å². The Labute approximate surface area is 227 Å². The van der Waals surface area contributed by atoms with Crippen molar-refractivity contribution in [3.8, 4) is 17.1 Å². The highest BCUT2D eigenvalue weighted by Gasteiger charge is 2.36. The molecule has 38 heavy (non-hydrogen) atoms. The molecule has 2 aromatic carbocycles. The number of methoxy groups -OCH3 is 1. The molecule has 2 atom stereocenters. The Morgan fingerprint density at radius 3 is 2.61 bits per heavy atom. The van der Waals surface area contributed by atoms with Gasteiger partial charge in [0, 0.05) is 35.8 Å². The second-order valence-electron chi connectivity index (χ2n) is 10.2. The number of carbonyl (C=O) groups excluding carboxylic acids is 1. The van der Waals surface area contributed by atoms with E-state index < -0.39 is 0 Å². The number of benzene rings is 2. The van der Waals surface area contributed by atoms with Gasteiger partial charge in [0.1, 0.15) is 11.6 Å². The fraction of sp³-hybridized carbons (Fsp3) is 0.464. The molecular weight excluding hydrogens is 506 g/mol. The number of fused-ring (bicyclic) bond motifs is 2. The maximum Gasteiger partial charge on any atom is 0.355 e. The largest absolute Gasteiger partial charge is 0.496 e. The zero-order chi connectivity index (χ0) is 26.8. The molecule has 3 heterocycles. The fourth-order valence-corrected chi connectivity index (χ4v) is 5.67. The van der Waals surface area contributed by atoms with Gasteiger partial charge in [-0.1, -0.05) is 23.7 Å². The first-order valence-corrected chi connectivity index (χ1v) is 13.5. The SMILES string of the molecule is COc1cc(-n2nc(CC(=O)NC(C)C)n(-c3cccc(Cl)c3)c2=O)ccc1CCN1C2CCC1COC2. The predicted molar refractivity (Wildman–Crippen MR) is 146 cm³/mol. The Hall–Kier alpha value is -3.14. The quantitative estimate of drug-likeness (QED) is 0.449. The van der Waals surface area contributed by atoms with E-state index >= 15 is 0 Å². The van der Waals surface area contributed by atoms with Crippen molar-refractivity contribution in [1.29, 1.82) is 0 Å². The van der Waals surface area contributed by atoms with Crippen LogP contribution in [0.5, 0.6) is 5.75 Å². The van der Waals surface area contributed by atoms with E-state index in [1.54, 1.807) is 31.4 Å². The molecule has 2 unspecified atom stereocenters. The molecule has 9 nitrogen and oxygen atoms in total. The summed E-state index contributed by atoms with van der Waals surface area (Å²) < 4.78 is 14.2. The van der Waals surface area contributed by atoms with Gasteiger partial charge in [-0.3, -0.25) is 9.69 Å². The van der Waals surface area contributed by atoms with Crippen molar-refractivity contribution >= 4 is 17.5 Å². The number of aromatic nitrogens is 3. The Balaban J connectivity index is 1.45. The van der Waals surface area contributed by atoms with Crippen LogP contribution in [0.1, 0.15) is 38.1 Å². The van der Waals surface area contributed by atoms with Crippen LogP contribution in [0.3, 0.4) is 0 Å². The third-order valence-electron chi connectivity index (χ3n) is 7.23. The molecule has 2 bridgehead atoms. The minimum atomic E-state index is -0.390. The van der Waals surface area contributed by atoms with E-state index in [1.807, 2.05) is 32.0 Å². The Bertz CT molecular complexity index is 1350. The van der Waals surface area contributed by atoms with Crippen LogP contribution in [0.4, 0.5) is 0 Å². The van der Waals surface area contributed by atoms with Crippen LogP contribution in [0.15, 0.2) is 47.3 Å². The molecule has 1 amide bonds. The molecular formula is C28H34ClN5O4. The average Bonchev–Trinajstić information content (AvgIpc) is 3.31. The average molecular weight is 540 g/mol. The number of amides is 1. The first-order valence-electron chi connectivity index (χ1n) is 13.1. The van der Waals surface area contributed by atoms with Crippen molar-refractivity contribution in [2.75, 3.05) is 26.9 Å². The summed E-state index contributed by atoms with van der Waals surface area (Å²) in [5, 5.41) is 7.92. The summed E-state index contributed by atoms with van der Waals surface area (Å²) in [6.45, 7) is 6.33. The number of nitrogens with zero attached hydrogens (tertiary/aromatic N) is 4. The van der Waals surface area contributed by atoms with Gasteiger partial charge in [-0.05, 0) is 62.9 Å². The van der Waals surface area contributed by atoms with E-state index in [1.165, 1.54) is 22.1 Å². The van der Waals surface area contributed by atoms with E-state index in [0.29, 0.717) is 40.1 Å². The molecule has 2 fully saturated rings. The molecule has 1 aromatic heterocycles. The van der Waals surface area contributed by atoms with E-state index in [9.17, 15) is 9.59 Å². The summed E-state index contributed by atoms with van der Waals surface area (Å²) >= 11 is 6.21. The van der Waals surface area contributed by atoms with Crippen LogP contribution < -0.4 is 15.7 Å². The summed E-state index contributed by atoms with van der Waals surface area (Å²) in [4.78, 5) is 28.8. The molecule has 3 aromatic rings. The molecule has 5 rings (SSSR count). The lowest BCUT2D eigenvalue weighted by Crippen LogP contribution is -2.46.